The lowest BCUT2D eigenvalue weighted by atomic mass is 10.2. The Morgan fingerprint density at radius 3 is 2.50 bits per heavy atom. The number of nitrogens with zero attached hydrogens (tertiary/aromatic N) is 2. The monoisotopic (exact) mass is 377 g/mol. The molecule has 0 aliphatic rings. The van der Waals surface area contributed by atoms with Crippen molar-refractivity contribution in [2.75, 3.05) is 0 Å². The van der Waals surface area contributed by atoms with Gasteiger partial charge < -0.3 is 4.55 Å². The topological polar surface area (TPSA) is 60.9 Å². The summed E-state index contributed by atoms with van der Waals surface area (Å²) < 4.78 is 53.0. The summed E-state index contributed by atoms with van der Waals surface area (Å²) >= 11 is 0.0144. The standard InChI is InChI=1S/C15H18F3N3OS2/c1-9(21-24(22)14(2,3)4)11-8-20-13(23-11)10-5-6-19-12(7-10)15(16,17)18/h5-9,21H,1-4H3. The van der Waals surface area contributed by atoms with E-state index in [0.29, 0.717) is 10.6 Å². The molecule has 1 N–H and O–H groups in total. The lowest BCUT2D eigenvalue weighted by Gasteiger charge is -2.25. The van der Waals surface area contributed by atoms with Crippen LogP contribution in [-0.4, -0.2) is 19.3 Å². The van der Waals surface area contributed by atoms with Crippen molar-refractivity contribution < 1.29 is 17.7 Å². The van der Waals surface area contributed by atoms with Crippen molar-refractivity contribution in [3.05, 3.63) is 35.1 Å². The van der Waals surface area contributed by atoms with Crippen molar-refractivity contribution in [1.29, 1.82) is 0 Å². The Kier molecular flexibility index (Phi) is 5.58. The summed E-state index contributed by atoms with van der Waals surface area (Å²) in [6.45, 7) is 7.42. The number of nitrogens with one attached hydrogen (secondary N) is 1. The summed E-state index contributed by atoms with van der Waals surface area (Å²) in [4.78, 5) is 8.33. The van der Waals surface area contributed by atoms with Crippen LogP contribution in [0.5, 0.6) is 0 Å². The Morgan fingerprint density at radius 1 is 1.25 bits per heavy atom. The Bertz CT molecular complexity index is 698. The molecular weight excluding hydrogens is 359 g/mol. The molecule has 132 valence electrons. The van der Waals surface area contributed by atoms with Crippen LogP contribution in [0.2, 0.25) is 0 Å². The van der Waals surface area contributed by atoms with E-state index < -0.39 is 28.0 Å². The smallest absolute Gasteiger partial charge is 0.433 e. The molecule has 2 rings (SSSR count). The molecule has 0 aliphatic heterocycles. The zero-order valence-corrected chi connectivity index (χ0v) is 15.3. The van der Waals surface area contributed by atoms with E-state index in [1.807, 2.05) is 27.7 Å². The van der Waals surface area contributed by atoms with Gasteiger partial charge in [0.15, 0.2) is 0 Å². The molecule has 0 saturated carbocycles. The molecule has 0 aliphatic carbocycles. The highest BCUT2D eigenvalue weighted by atomic mass is 32.2. The first-order chi connectivity index (χ1) is 11.0. The highest BCUT2D eigenvalue weighted by molar-refractivity contribution is 7.90. The van der Waals surface area contributed by atoms with Gasteiger partial charge in [-0.2, -0.15) is 13.2 Å². The minimum Gasteiger partial charge on any atom is -0.598 e. The van der Waals surface area contributed by atoms with E-state index in [-0.39, 0.29) is 6.04 Å². The first kappa shape index (κ1) is 19.2. The molecule has 4 nitrogen and oxygen atoms in total. The van der Waals surface area contributed by atoms with E-state index in [1.165, 1.54) is 17.4 Å². The zero-order chi connectivity index (χ0) is 18.1. The predicted molar refractivity (Wildman–Crippen MR) is 89.8 cm³/mol. The molecular formula is C15H18F3N3OS2. The van der Waals surface area contributed by atoms with Gasteiger partial charge in [0.2, 0.25) is 0 Å². The number of halogens is 3. The minimum absolute atomic E-state index is 0.222. The largest absolute Gasteiger partial charge is 0.598 e. The lowest BCUT2D eigenvalue weighted by molar-refractivity contribution is -0.141. The predicted octanol–water partition coefficient (Wildman–Crippen LogP) is 4.34. The third kappa shape index (κ3) is 4.69. The van der Waals surface area contributed by atoms with Crippen molar-refractivity contribution in [2.45, 2.75) is 44.7 Å². The average Bonchev–Trinajstić information content (AvgIpc) is 2.95. The number of thiazole rings is 1. The molecule has 2 unspecified atom stereocenters. The summed E-state index contributed by atoms with van der Waals surface area (Å²) in [6, 6.07) is 2.25. The maximum Gasteiger partial charge on any atom is 0.433 e. The van der Waals surface area contributed by atoms with E-state index in [9.17, 15) is 17.7 Å². The molecule has 0 spiro atoms. The number of pyridine rings is 1. The molecule has 2 aromatic rings. The van der Waals surface area contributed by atoms with Gasteiger partial charge in [0, 0.05) is 34.2 Å². The first-order valence-corrected chi connectivity index (χ1v) is 9.12. The molecule has 9 heteroatoms. The molecule has 0 saturated heterocycles. The Balaban J connectivity index is 2.19. The average molecular weight is 377 g/mol. The Hall–Kier alpha value is -1.16. The van der Waals surface area contributed by atoms with Crippen LogP contribution < -0.4 is 4.72 Å². The number of rotatable bonds is 4. The zero-order valence-electron chi connectivity index (χ0n) is 13.6. The highest BCUT2D eigenvalue weighted by Crippen LogP contribution is 2.33. The highest BCUT2D eigenvalue weighted by Gasteiger charge is 2.33. The molecule has 0 fully saturated rings. The molecule has 0 radical (unpaired) electrons. The van der Waals surface area contributed by atoms with Gasteiger partial charge in [0.25, 0.3) is 0 Å². The summed E-state index contributed by atoms with van der Waals surface area (Å²) in [5, 5.41) is 0.466. The molecule has 0 bridgehead atoms. The van der Waals surface area contributed by atoms with Crippen LogP contribution in [0, 0.1) is 0 Å². The van der Waals surface area contributed by atoms with Crippen LogP contribution >= 0.6 is 11.3 Å². The first-order valence-electron chi connectivity index (χ1n) is 7.16. The third-order valence-corrected chi connectivity index (χ3v) is 6.00. The second-order valence-electron chi connectivity index (χ2n) is 6.22. The van der Waals surface area contributed by atoms with Gasteiger partial charge >= 0.3 is 6.18 Å². The third-order valence-electron chi connectivity index (χ3n) is 3.09. The van der Waals surface area contributed by atoms with Crippen LogP contribution in [0.15, 0.2) is 24.5 Å². The van der Waals surface area contributed by atoms with E-state index in [1.54, 1.807) is 6.20 Å². The van der Waals surface area contributed by atoms with Gasteiger partial charge in [-0.25, -0.2) is 4.98 Å². The van der Waals surface area contributed by atoms with E-state index in [2.05, 4.69) is 14.7 Å². The summed E-state index contributed by atoms with van der Waals surface area (Å²) in [5.41, 5.74) is -0.588. The van der Waals surface area contributed by atoms with Gasteiger partial charge in [0.05, 0.1) is 6.04 Å². The fourth-order valence-corrected chi connectivity index (χ4v) is 3.53. The Morgan fingerprint density at radius 2 is 1.92 bits per heavy atom. The fourth-order valence-electron chi connectivity index (χ4n) is 1.73. The number of aromatic nitrogens is 2. The van der Waals surface area contributed by atoms with Gasteiger partial charge in [-0.1, -0.05) is 0 Å². The SMILES string of the molecule is CC(N[S+]([O-])C(C)(C)C)c1cnc(-c2ccnc(C(F)(F)F)c2)s1. The van der Waals surface area contributed by atoms with Crippen LogP contribution in [0.4, 0.5) is 13.2 Å². The normalized spacial score (nSPS) is 15.3. The van der Waals surface area contributed by atoms with E-state index in [4.69, 9.17) is 0 Å². The summed E-state index contributed by atoms with van der Waals surface area (Å²) in [7, 11) is 0. The van der Waals surface area contributed by atoms with Crippen molar-refractivity contribution >= 4 is 22.7 Å². The van der Waals surface area contributed by atoms with Gasteiger partial charge in [-0.3, -0.25) is 4.98 Å². The number of hydrogen-bond donors (Lipinski definition) is 1. The number of hydrogen-bond acceptors (Lipinski definition) is 5. The van der Waals surface area contributed by atoms with E-state index >= 15 is 0 Å². The van der Waals surface area contributed by atoms with Crippen LogP contribution in [0.1, 0.15) is 44.3 Å². The maximum atomic E-state index is 12.7. The molecule has 0 aromatic carbocycles. The van der Waals surface area contributed by atoms with Crippen molar-refractivity contribution in [3.8, 4) is 10.6 Å². The van der Waals surface area contributed by atoms with Crippen molar-refractivity contribution in [3.63, 3.8) is 0 Å². The molecule has 2 aromatic heterocycles. The van der Waals surface area contributed by atoms with E-state index in [0.717, 1.165) is 17.1 Å². The fraction of sp³-hybridized carbons (Fsp3) is 0.467. The van der Waals surface area contributed by atoms with Gasteiger partial charge in [0.1, 0.15) is 15.4 Å². The van der Waals surface area contributed by atoms with Crippen LogP contribution in [-0.2, 0) is 17.5 Å². The molecule has 24 heavy (non-hydrogen) atoms. The summed E-state index contributed by atoms with van der Waals surface area (Å²) in [5.74, 6) is 0. The minimum atomic E-state index is -4.49. The molecule has 0 amide bonds. The van der Waals surface area contributed by atoms with Crippen molar-refractivity contribution in [1.82, 2.24) is 14.7 Å². The van der Waals surface area contributed by atoms with Crippen LogP contribution in [0.3, 0.4) is 0 Å². The quantitative estimate of drug-likeness (QED) is 0.806. The van der Waals surface area contributed by atoms with Gasteiger partial charge in [-0.05, 0) is 39.8 Å². The molecule has 2 heterocycles. The molecule has 2 atom stereocenters. The second kappa shape index (κ2) is 6.99. The Labute approximate surface area is 145 Å². The maximum absolute atomic E-state index is 12.7. The van der Waals surface area contributed by atoms with Crippen molar-refractivity contribution in [2.24, 2.45) is 0 Å². The number of alkyl halides is 3. The second-order valence-corrected chi connectivity index (χ2v) is 9.28. The van der Waals surface area contributed by atoms with Crippen LogP contribution in [0.25, 0.3) is 10.6 Å². The van der Waals surface area contributed by atoms with Gasteiger partial charge in [-0.15, -0.1) is 16.1 Å². The summed E-state index contributed by atoms with van der Waals surface area (Å²) in [6.07, 6.45) is -1.78. The lowest BCUT2D eigenvalue weighted by Crippen LogP contribution is -2.40.